The van der Waals surface area contributed by atoms with Gasteiger partial charge in [0.05, 0.1) is 6.21 Å². The van der Waals surface area contributed by atoms with Gasteiger partial charge in [0.1, 0.15) is 0 Å². The van der Waals surface area contributed by atoms with Crippen LogP contribution < -0.4 is 5.84 Å². The van der Waals surface area contributed by atoms with Gasteiger partial charge in [0, 0.05) is 30.9 Å². The van der Waals surface area contributed by atoms with Crippen molar-refractivity contribution in [3.63, 3.8) is 0 Å². The van der Waals surface area contributed by atoms with Crippen LogP contribution in [0.3, 0.4) is 0 Å². The van der Waals surface area contributed by atoms with Crippen molar-refractivity contribution in [1.82, 2.24) is 4.98 Å². The van der Waals surface area contributed by atoms with Crippen LogP contribution in [0.5, 0.6) is 0 Å². The van der Waals surface area contributed by atoms with Gasteiger partial charge in [-0.15, -0.1) is 0 Å². The van der Waals surface area contributed by atoms with Crippen molar-refractivity contribution in [1.29, 1.82) is 0 Å². The molecule has 0 aliphatic carbocycles. The predicted octanol–water partition coefficient (Wildman–Crippen LogP) is 0.372. The number of nitrogens with zero attached hydrogens (tertiary/aromatic N) is 2. The number of pyridine rings is 1. The minimum absolute atomic E-state index is 0. The smallest absolute Gasteiger partial charge is 0.0539 e. The standard InChI is InChI=1S/C6H7N3.V/c7-9-5-6-1-3-8-4-2-6;/h1-5H,7H2;. The quantitative estimate of drug-likeness (QED) is 0.378. The average molecular weight is 172 g/mol. The molecule has 0 amide bonds. The molecular weight excluding hydrogens is 165 g/mol. The van der Waals surface area contributed by atoms with Crippen molar-refractivity contribution in [2.24, 2.45) is 10.9 Å². The van der Waals surface area contributed by atoms with Crippen LogP contribution in [0, 0.1) is 0 Å². The van der Waals surface area contributed by atoms with Crippen molar-refractivity contribution < 1.29 is 18.6 Å². The van der Waals surface area contributed by atoms with Crippen molar-refractivity contribution >= 4 is 6.21 Å². The first kappa shape index (κ1) is 9.20. The van der Waals surface area contributed by atoms with E-state index in [2.05, 4.69) is 10.1 Å². The third-order valence-corrected chi connectivity index (χ3v) is 0.930. The molecule has 0 aliphatic heterocycles. The second-order valence-electron chi connectivity index (χ2n) is 1.56. The number of hydrogen-bond donors (Lipinski definition) is 1. The Morgan fingerprint density at radius 2 is 2.00 bits per heavy atom. The fourth-order valence-corrected chi connectivity index (χ4v) is 0.536. The molecule has 0 saturated heterocycles. The molecule has 0 unspecified atom stereocenters. The Hall–Kier alpha value is -0.796. The van der Waals surface area contributed by atoms with Crippen molar-refractivity contribution in [2.45, 2.75) is 0 Å². The van der Waals surface area contributed by atoms with E-state index in [0.29, 0.717) is 0 Å². The third kappa shape index (κ3) is 2.66. The molecule has 10 heavy (non-hydrogen) atoms. The summed E-state index contributed by atoms with van der Waals surface area (Å²) in [6, 6.07) is 3.66. The number of hydrogen-bond acceptors (Lipinski definition) is 3. The second-order valence-corrected chi connectivity index (χ2v) is 1.56. The Bertz CT molecular complexity index is 197. The van der Waals surface area contributed by atoms with E-state index in [0.717, 1.165) is 5.56 Å². The van der Waals surface area contributed by atoms with Gasteiger partial charge in [0.15, 0.2) is 0 Å². The van der Waals surface area contributed by atoms with Crippen LogP contribution in [0.15, 0.2) is 29.6 Å². The normalized spacial score (nSPS) is 9.20. The van der Waals surface area contributed by atoms with Crippen LogP contribution in [-0.4, -0.2) is 11.2 Å². The van der Waals surface area contributed by atoms with Crippen LogP contribution in [0.25, 0.3) is 0 Å². The molecule has 1 radical (unpaired) electrons. The summed E-state index contributed by atoms with van der Waals surface area (Å²) in [5.41, 5.74) is 0.965. The van der Waals surface area contributed by atoms with Gasteiger partial charge in [-0.25, -0.2) is 0 Å². The first-order chi connectivity index (χ1) is 4.43. The molecule has 0 aliphatic rings. The minimum atomic E-state index is 0. The van der Waals surface area contributed by atoms with Gasteiger partial charge in [-0.3, -0.25) is 4.98 Å². The zero-order valence-electron chi connectivity index (χ0n) is 5.31. The number of nitrogens with two attached hydrogens (primary N) is 1. The molecule has 4 heteroatoms. The average Bonchev–Trinajstić information content (AvgIpc) is 1.91. The van der Waals surface area contributed by atoms with Crippen LogP contribution in [0.4, 0.5) is 0 Å². The molecule has 3 nitrogen and oxygen atoms in total. The molecule has 1 heterocycles. The van der Waals surface area contributed by atoms with E-state index in [-0.39, 0.29) is 18.6 Å². The van der Waals surface area contributed by atoms with Gasteiger partial charge < -0.3 is 5.84 Å². The number of aromatic nitrogens is 1. The Labute approximate surface area is 71.2 Å². The number of rotatable bonds is 1. The third-order valence-electron chi connectivity index (χ3n) is 0.930. The van der Waals surface area contributed by atoms with Gasteiger partial charge in [0.2, 0.25) is 0 Å². The van der Waals surface area contributed by atoms with Gasteiger partial charge in [0.25, 0.3) is 0 Å². The summed E-state index contributed by atoms with van der Waals surface area (Å²) in [7, 11) is 0. The van der Waals surface area contributed by atoms with Gasteiger partial charge in [-0.1, -0.05) is 0 Å². The van der Waals surface area contributed by atoms with E-state index in [1.54, 1.807) is 18.6 Å². The summed E-state index contributed by atoms with van der Waals surface area (Å²) in [5.74, 6) is 4.91. The Balaban J connectivity index is 0.000000810. The van der Waals surface area contributed by atoms with Crippen LogP contribution in [0.2, 0.25) is 0 Å². The maximum absolute atomic E-state index is 4.91. The Morgan fingerprint density at radius 1 is 1.40 bits per heavy atom. The van der Waals surface area contributed by atoms with Crippen LogP contribution in [0.1, 0.15) is 5.56 Å². The number of hydrazone groups is 1. The molecule has 1 rings (SSSR count). The summed E-state index contributed by atoms with van der Waals surface area (Å²) in [4.78, 5) is 3.83. The van der Waals surface area contributed by atoms with E-state index >= 15 is 0 Å². The van der Waals surface area contributed by atoms with Crippen LogP contribution in [-0.2, 0) is 18.6 Å². The first-order valence-corrected chi connectivity index (χ1v) is 2.57. The van der Waals surface area contributed by atoms with Gasteiger partial charge >= 0.3 is 0 Å². The largest absolute Gasteiger partial charge is 0.323 e. The minimum Gasteiger partial charge on any atom is -0.323 e. The molecule has 0 fully saturated rings. The van der Waals surface area contributed by atoms with Crippen molar-refractivity contribution in [3.8, 4) is 0 Å². The zero-order valence-corrected chi connectivity index (χ0v) is 6.70. The Morgan fingerprint density at radius 3 is 2.50 bits per heavy atom. The zero-order chi connectivity index (χ0) is 6.53. The molecule has 1 aromatic rings. The summed E-state index contributed by atoms with van der Waals surface area (Å²) >= 11 is 0. The summed E-state index contributed by atoms with van der Waals surface area (Å²) in [5, 5.41) is 3.35. The fourth-order valence-electron chi connectivity index (χ4n) is 0.536. The summed E-state index contributed by atoms with van der Waals surface area (Å²) in [6.07, 6.45) is 4.95. The van der Waals surface area contributed by atoms with E-state index in [9.17, 15) is 0 Å². The summed E-state index contributed by atoms with van der Waals surface area (Å²) in [6.45, 7) is 0. The fraction of sp³-hybridized carbons (Fsp3) is 0. The van der Waals surface area contributed by atoms with Crippen LogP contribution >= 0.6 is 0 Å². The summed E-state index contributed by atoms with van der Waals surface area (Å²) < 4.78 is 0. The SMILES string of the molecule is NN=Cc1ccncc1.[V]. The first-order valence-electron chi connectivity index (χ1n) is 2.57. The maximum atomic E-state index is 4.91. The topological polar surface area (TPSA) is 51.3 Å². The molecule has 0 aromatic carbocycles. The van der Waals surface area contributed by atoms with E-state index < -0.39 is 0 Å². The molecule has 0 spiro atoms. The Kier molecular flexibility index (Phi) is 4.63. The van der Waals surface area contributed by atoms with Gasteiger partial charge in [-0.05, 0) is 17.7 Å². The second kappa shape index (κ2) is 5.03. The molecule has 1 aromatic heterocycles. The molecule has 2 N–H and O–H groups in total. The molecule has 51 valence electrons. The van der Waals surface area contributed by atoms with Gasteiger partial charge in [-0.2, -0.15) is 5.10 Å². The predicted molar refractivity (Wildman–Crippen MR) is 36.0 cm³/mol. The monoisotopic (exact) mass is 172 g/mol. The van der Waals surface area contributed by atoms with Crippen molar-refractivity contribution in [2.75, 3.05) is 0 Å². The molecular formula is C6H7N3V. The van der Waals surface area contributed by atoms with E-state index in [1.807, 2.05) is 12.1 Å². The molecule has 0 atom stereocenters. The van der Waals surface area contributed by atoms with E-state index in [4.69, 9.17) is 5.84 Å². The molecule has 0 bridgehead atoms. The van der Waals surface area contributed by atoms with E-state index in [1.165, 1.54) is 0 Å². The molecule has 0 saturated carbocycles. The maximum Gasteiger partial charge on any atom is 0.0539 e. The van der Waals surface area contributed by atoms with Crippen molar-refractivity contribution in [3.05, 3.63) is 30.1 Å².